The normalized spacial score (nSPS) is 11.4. The van der Waals surface area contributed by atoms with E-state index in [-0.39, 0.29) is 12.7 Å². The second kappa shape index (κ2) is 8.76. The van der Waals surface area contributed by atoms with E-state index in [1.165, 1.54) is 0 Å². The van der Waals surface area contributed by atoms with Gasteiger partial charge in [-0.3, -0.25) is 4.79 Å². The number of anilines is 1. The number of aromatic nitrogens is 1. The molecule has 3 aromatic rings. The van der Waals surface area contributed by atoms with Crippen LogP contribution < -0.4 is 14.8 Å². The summed E-state index contributed by atoms with van der Waals surface area (Å²) in [7, 11) is 0. The van der Waals surface area contributed by atoms with Gasteiger partial charge >= 0.3 is 0 Å². The van der Waals surface area contributed by atoms with Gasteiger partial charge in [-0.15, -0.1) is 0 Å². The lowest BCUT2D eigenvalue weighted by molar-refractivity contribution is 0.102. The molecule has 1 N–H and O–H groups in total. The Balaban J connectivity index is 0.00000109. The quantitative estimate of drug-likeness (QED) is 0.615. The molecule has 0 saturated heterocycles. The Labute approximate surface area is 169 Å². The summed E-state index contributed by atoms with van der Waals surface area (Å²) in [4.78, 5) is 16.6. The Morgan fingerprint density at radius 2 is 1.79 bits per heavy atom. The van der Waals surface area contributed by atoms with E-state index >= 15 is 0 Å². The molecule has 0 unspecified atom stereocenters. The van der Waals surface area contributed by atoms with Crippen LogP contribution in [0, 0.1) is 6.92 Å². The second-order valence-electron chi connectivity index (χ2n) is 5.89. The van der Waals surface area contributed by atoms with E-state index < -0.39 is 0 Å². The first-order chi connectivity index (χ1) is 13.6. The number of carbonyl (C=O) groups is 1. The van der Waals surface area contributed by atoms with Crippen LogP contribution in [0.5, 0.6) is 11.5 Å². The van der Waals surface area contributed by atoms with E-state index in [0.29, 0.717) is 16.4 Å². The van der Waals surface area contributed by atoms with Gasteiger partial charge in [0.25, 0.3) is 5.91 Å². The first-order valence-corrected chi connectivity index (χ1v) is 9.42. The average molecular weight is 397 g/mol. The molecule has 0 aliphatic carbocycles. The maximum atomic E-state index is 12.3. The molecule has 1 amide bonds. The number of rotatable bonds is 3. The number of hydrogen-bond donors (Lipinski definition) is 1. The highest BCUT2D eigenvalue weighted by Crippen LogP contribution is 2.38. The summed E-state index contributed by atoms with van der Waals surface area (Å²) in [5.41, 5.74) is 3.40. The van der Waals surface area contributed by atoms with Crippen LogP contribution in [0.3, 0.4) is 0 Å². The number of aryl methyl sites for hydroxylation is 1. The predicted molar refractivity (Wildman–Crippen MR) is 111 cm³/mol. The summed E-state index contributed by atoms with van der Waals surface area (Å²) in [5, 5.41) is 3.16. The third-order valence-electron chi connectivity index (χ3n) is 4.15. The first-order valence-electron chi connectivity index (χ1n) is 9.04. The molecule has 1 aromatic heterocycles. The Kier molecular flexibility index (Phi) is 6.16. The zero-order valence-electron chi connectivity index (χ0n) is 16.0. The van der Waals surface area contributed by atoms with Crippen molar-refractivity contribution in [1.29, 1.82) is 0 Å². The van der Waals surface area contributed by atoms with Gasteiger partial charge < -0.3 is 14.8 Å². The molecule has 0 spiro atoms. The number of benzene rings is 2. The fourth-order valence-electron chi connectivity index (χ4n) is 2.81. The van der Waals surface area contributed by atoms with Gasteiger partial charge in [-0.2, -0.15) is 0 Å². The molecule has 2 aromatic carbocycles. The molecule has 0 fully saturated rings. The zero-order valence-corrected chi connectivity index (χ0v) is 16.7. The minimum absolute atomic E-state index is 0.240. The van der Waals surface area contributed by atoms with E-state index in [1.807, 2.05) is 39.0 Å². The van der Waals surface area contributed by atoms with Crippen molar-refractivity contribution in [2.24, 2.45) is 0 Å². The van der Waals surface area contributed by atoms with Crippen LogP contribution in [-0.2, 0) is 0 Å². The van der Waals surface area contributed by atoms with Crippen LogP contribution in [0.25, 0.3) is 11.1 Å². The monoisotopic (exact) mass is 396 g/mol. The molecule has 144 valence electrons. The lowest BCUT2D eigenvalue weighted by Gasteiger charge is -2.09. The van der Waals surface area contributed by atoms with Gasteiger partial charge in [0, 0.05) is 11.8 Å². The molecule has 0 radical (unpaired) electrons. The largest absolute Gasteiger partial charge is 0.454 e. The number of carbonyl (C=O) groups excluding carboxylic acids is 1. The fourth-order valence-corrected chi connectivity index (χ4v) is 3.03. The van der Waals surface area contributed by atoms with Crippen LogP contribution in [0.4, 0.5) is 5.82 Å². The van der Waals surface area contributed by atoms with Crippen molar-refractivity contribution in [3.05, 3.63) is 70.9 Å². The molecule has 1 aliphatic rings. The van der Waals surface area contributed by atoms with Gasteiger partial charge in [-0.05, 0) is 54.4 Å². The molecule has 2 heterocycles. The highest BCUT2D eigenvalue weighted by molar-refractivity contribution is 6.34. The summed E-state index contributed by atoms with van der Waals surface area (Å²) in [6.07, 6.45) is 1.72. The Bertz CT molecular complexity index is 988. The van der Waals surface area contributed by atoms with Crippen LogP contribution in [0.1, 0.15) is 29.8 Å². The number of amides is 1. The predicted octanol–water partition coefficient (Wildman–Crippen LogP) is 5.72. The zero-order chi connectivity index (χ0) is 20.1. The summed E-state index contributed by atoms with van der Waals surface area (Å²) in [5.74, 6) is 1.64. The second-order valence-corrected chi connectivity index (χ2v) is 6.29. The van der Waals surface area contributed by atoms with E-state index in [1.54, 1.807) is 36.5 Å². The van der Waals surface area contributed by atoms with E-state index in [2.05, 4.69) is 10.3 Å². The van der Waals surface area contributed by atoms with E-state index in [0.717, 1.165) is 28.2 Å². The number of fused-ring (bicyclic) bond motifs is 1. The molecule has 4 rings (SSSR count). The Morgan fingerprint density at radius 1 is 1.07 bits per heavy atom. The van der Waals surface area contributed by atoms with Crippen molar-refractivity contribution in [3.63, 3.8) is 0 Å². The summed E-state index contributed by atoms with van der Waals surface area (Å²) in [6.45, 7) is 6.24. The summed E-state index contributed by atoms with van der Waals surface area (Å²) in [6, 6.07) is 14.4. The van der Waals surface area contributed by atoms with Gasteiger partial charge in [0.2, 0.25) is 6.79 Å². The maximum Gasteiger partial charge on any atom is 0.258 e. The number of pyridine rings is 1. The van der Waals surface area contributed by atoms with Gasteiger partial charge in [0.1, 0.15) is 5.82 Å². The third-order valence-corrected chi connectivity index (χ3v) is 4.48. The van der Waals surface area contributed by atoms with Gasteiger partial charge in [0.15, 0.2) is 11.5 Å². The molecule has 1 aliphatic heterocycles. The fraction of sp³-hybridized carbons (Fsp3) is 0.182. The van der Waals surface area contributed by atoms with Crippen molar-refractivity contribution < 1.29 is 14.3 Å². The Morgan fingerprint density at radius 3 is 2.46 bits per heavy atom. The number of ether oxygens (including phenoxy) is 2. The minimum atomic E-state index is -0.296. The lowest BCUT2D eigenvalue weighted by Crippen LogP contribution is -2.13. The molecule has 6 heteroatoms. The molecule has 0 bridgehead atoms. The first kappa shape index (κ1) is 19.7. The molecular formula is C22H21ClN2O3. The number of nitrogens with zero attached hydrogens (tertiary/aromatic N) is 1. The lowest BCUT2D eigenvalue weighted by atomic mass is 10.0. The van der Waals surface area contributed by atoms with Gasteiger partial charge in [0.05, 0.1) is 10.6 Å². The molecule has 0 saturated carbocycles. The van der Waals surface area contributed by atoms with Crippen LogP contribution in [0.2, 0.25) is 5.02 Å². The number of halogens is 1. The molecule has 0 atom stereocenters. The maximum absolute atomic E-state index is 12.3. The van der Waals surface area contributed by atoms with Crippen molar-refractivity contribution in [3.8, 4) is 22.6 Å². The topological polar surface area (TPSA) is 60.5 Å². The van der Waals surface area contributed by atoms with Gasteiger partial charge in [-0.25, -0.2) is 4.98 Å². The summed E-state index contributed by atoms with van der Waals surface area (Å²) >= 11 is 6.05. The van der Waals surface area contributed by atoms with Crippen molar-refractivity contribution in [1.82, 2.24) is 4.98 Å². The van der Waals surface area contributed by atoms with E-state index in [4.69, 9.17) is 21.1 Å². The standard InChI is InChI=1S/C20H15ClN2O3.C2H6/c1-12-8-17-18(26-11-25-17)9-15(12)13-6-7-19(22-10-13)23-20(24)14-4-2-3-5-16(14)21;1-2/h2-10H,11H2,1H3,(H,22,23,24);1-2H3. The number of hydrogen-bond acceptors (Lipinski definition) is 4. The van der Waals surface area contributed by atoms with Crippen molar-refractivity contribution >= 4 is 23.3 Å². The Hall–Kier alpha value is -3.05. The summed E-state index contributed by atoms with van der Waals surface area (Å²) < 4.78 is 10.8. The van der Waals surface area contributed by atoms with Crippen LogP contribution in [-0.4, -0.2) is 17.7 Å². The highest BCUT2D eigenvalue weighted by Gasteiger charge is 2.17. The van der Waals surface area contributed by atoms with Crippen molar-refractivity contribution in [2.75, 3.05) is 12.1 Å². The molecular weight excluding hydrogens is 376 g/mol. The molecule has 5 nitrogen and oxygen atoms in total. The van der Waals surface area contributed by atoms with Crippen LogP contribution >= 0.6 is 11.6 Å². The molecule has 28 heavy (non-hydrogen) atoms. The minimum Gasteiger partial charge on any atom is -0.454 e. The smallest absolute Gasteiger partial charge is 0.258 e. The number of nitrogens with one attached hydrogen (secondary N) is 1. The van der Waals surface area contributed by atoms with Gasteiger partial charge in [-0.1, -0.05) is 37.6 Å². The third kappa shape index (κ3) is 4.10. The van der Waals surface area contributed by atoms with Crippen LogP contribution in [0.15, 0.2) is 54.7 Å². The average Bonchev–Trinajstić information content (AvgIpc) is 3.17. The van der Waals surface area contributed by atoms with E-state index in [9.17, 15) is 4.79 Å². The highest BCUT2D eigenvalue weighted by atomic mass is 35.5. The van der Waals surface area contributed by atoms with Crippen molar-refractivity contribution in [2.45, 2.75) is 20.8 Å². The SMILES string of the molecule is CC.Cc1cc2c(cc1-c1ccc(NC(=O)c3ccccc3Cl)nc1)OCO2.